The van der Waals surface area contributed by atoms with Crippen LogP contribution < -0.4 is 0 Å². The van der Waals surface area contributed by atoms with E-state index >= 15 is 0 Å². The maximum absolute atomic E-state index is 11.3. The molecule has 0 amide bonds. The Morgan fingerprint density at radius 2 is 2.00 bits per heavy atom. The van der Waals surface area contributed by atoms with Crippen molar-refractivity contribution in [3.8, 4) is 0 Å². The molecule has 0 saturated heterocycles. The molecule has 90 valence electrons. The molecule has 1 N–H and O–H groups in total. The predicted molar refractivity (Wildman–Crippen MR) is 63.0 cm³/mol. The fourth-order valence-corrected chi connectivity index (χ4v) is 1.14. The molecule has 0 radical (unpaired) electrons. The van der Waals surface area contributed by atoms with E-state index in [0.29, 0.717) is 5.69 Å². The number of aliphatic hydroxyl groups is 1. The summed E-state index contributed by atoms with van der Waals surface area (Å²) in [5, 5.41) is 16.9. The lowest BCUT2D eigenvalue weighted by Crippen LogP contribution is -2.04. The second kappa shape index (κ2) is 5.79. The van der Waals surface area contributed by atoms with E-state index in [4.69, 9.17) is 0 Å². The van der Waals surface area contributed by atoms with Crippen molar-refractivity contribution in [1.29, 1.82) is 0 Å². The smallest absolute Gasteiger partial charge is 0.362 e. The molecule has 0 aliphatic carbocycles. The first-order valence-corrected chi connectivity index (χ1v) is 5.01. The van der Waals surface area contributed by atoms with Crippen LogP contribution >= 0.6 is 0 Å². The largest absolute Gasteiger partial charge is 0.510 e. The van der Waals surface area contributed by atoms with Gasteiger partial charge in [-0.05, 0) is 25.5 Å². The molecule has 0 fully saturated rings. The van der Waals surface area contributed by atoms with Crippen LogP contribution in [0.5, 0.6) is 0 Å². The van der Waals surface area contributed by atoms with E-state index in [2.05, 4.69) is 15.0 Å². The minimum absolute atomic E-state index is 0.198. The Morgan fingerprint density at radius 1 is 1.35 bits per heavy atom. The highest BCUT2D eigenvalue weighted by Gasteiger charge is 2.12. The van der Waals surface area contributed by atoms with Gasteiger partial charge in [-0.15, -0.1) is 10.2 Å². The van der Waals surface area contributed by atoms with E-state index in [9.17, 15) is 9.90 Å². The number of nitrogens with zero attached hydrogens (tertiary/aromatic N) is 2. The summed E-state index contributed by atoms with van der Waals surface area (Å²) in [4.78, 5) is 11.3. The first kappa shape index (κ1) is 12.9. The Labute approximate surface area is 99.4 Å². The molecule has 0 heterocycles. The summed E-state index contributed by atoms with van der Waals surface area (Å²) in [6.45, 7) is 3.23. The molecule has 1 aromatic rings. The van der Waals surface area contributed by atoms with Gasteiger partial charge < -0.3 is 9.84 Å². The normalized spacial score (nSPS) is 12.4. The minimum Gasteiger partial charge on any atom is -0.510 e. The Kier molecular flexibility index (Phi) is 4.39. The first-order valence-electron chi connectivity index (χ1n) is 5.01. The quantitative estimate of drug-likeness (QED) is 0.378. The number of benzene rings is 1. The zero-order valence-electron chi connectivity index (χ0n) is 9.97. The van der Waals surface area contributed by atoms with Crippen LogP contribution in [-0.2, 0) is 9.53 Å². The Morgan fingerprint density at radius 3 is 2.53 bits per heavy atom. The van der Waals surface area contributed by atoms with Gasteiger partial charge in [0.1, 0.15) is 5.76 Å². The number of carbonyl (C=O) groups excluding carboxylic acids is 1. The van der Waals surface area contributed by atoms with E-state index in [1.807, 2.05) is 25.1 Å². The minimum atomic E-state index is -0.720. The van der Waals surface area contributed by atoms with Crippen LogP contribution in [0, 0.1) is 6.92 Å². The number of ether oxygens (including phenoxy) is 1. The summed E-state index contributed by atoms with van der Waals surface area (Å²) in [5.74, 6) is -0.948. The third-order valence-corrected chi connectivity index (χ3v) is 2.09. The van der Waals surface area contributed by atoms with Gasteiger partial charge in [0.15, 0.2) is 0 Å². The van der Waals surface area contributed by atoms with Gasteiger partial charge in [-0.3, -0.25) is 0 Å². The van der Waals surface area contributed by atoms with Crippen molar-refractivity contribution in [1.82, 2.24) is 0 Å². The molecule has 0 atom stereocenters. The summed E-state index contributed by atoms with van der Waals surface area (Å²) < 4.78 is 4.48. The second-order valence-corrected chi connectivity index (χ2v) is 3.41. The van der Waals surface area contributed by atoms with Gasteiger partial charge in [-0.1, -0.05) is 18.2 Å². The van der Waals surface area contributed by atoms with Gasteiger partial charge in [0.05, 0.1) is 12.8 Å². The number of hydrogen-bond acceptors (Lipinski definition) is 5. The van der Waals surface area contributed by atoms with Crippen LogP contribution in [0.15, 0.2) is 46.0 Å². The number of allylic oxidation sites excluding steroid dienone is 1. The Hall–Kier alpha value is -2.17. The number of esters is 1. The number of hydrogen-bond donors (Lipinski definition) is 1. The van der Waals surface area contributed by atoms with Gasteiger partial charge >= 0.3 is 5.97 Å². The standard InChI is InChI=1S/C12H14N2O3/c1-8-6-4-5-7-10(8)13-14-11(9(2)15)12(16)17-3/h4-7,15H,1-3H3/b11-9-,14-13?. The SMILES string of the molecule is COC(=O)/C(N=Nc1ccccc1C)=C(\C)O. The van der Waals surface area contributed by atoms with E-state index < -0.39 is 5.97 Å². The maximum atomic E-state index is 11.3. The maximum Gasteiger partial charge on any atom is 0.362 e. The summed E-state index contributed by atoms with van der Waals surface area (Å²) in [7, 11) is 1.22. The topological polar surface area (TPSA) is 71.2 Å². The molecular formula is C12H14N2O3. The average molecular weight is 234 g/mol. The molecule has 0 aliphatic heterocycles. The summed E-state index contributed by atoms with van der Waals surface area (Å²) in [6.07, 6.45) is 0. The third-order valence-electron chi connectivity index (χ3n) is 2.09. The lowest BCUT2D eigenvalue weighted by Gasteiger charge is -2.00. The van der Waals surface area contributed by atoms with Crippen LogP contribution in [0.25, 0.3) is 0 Å². The molecule has 0 spiro atoms. The highest BCUT2D eigenvalue weighted by atomic mass is 16.5. The number of methoxy groups -OCH3 is 1. The fraction of sp³-hybridized carbons (Fsp3) is 0.250. The van der Waals surface area contributed by atoms with Crippen molar-refractivity contribution < 1.29 is 14.6 Å². The van der Waals surface area contributed by atoms with Crippen molar-refractivity contribution in [3.05, 3.63) is 41.3 Å². The monoisotopic (exact) mass is 234 g/mol. The van der Waals surface area contributed by atoms with Gasteiger partial charge in [-0.2, -0.15) is 0 Å². The van der Waals surface area contributed by atoms with E-state index in [-0.39, 0.29) is 11.5 Å². The molecule has 5 heteroatoms. The van der Waals surface area contributed by atoms with Crippen LogP contribution in [0.1, 0.15) is 12.5 Å². The molecule has 0 unspecified atom stereocenters. The molecule has 17 heavy (non-hydrogen) atoms. The van der Waals surface area contributed by atoms with Gasteiger partial charge in [0.25, 0.3) is 0 Å². The molecule has 1 aromatic carbocycles. The van der Waals surface area contributed by atoms with E-state index in [1.165, 1.54) is 14.0 Å². The molecule has 1 rings (SSSR count). The Balaban J connectivity index is 3.01. The van der Waals surface area contributed by atoms with E-state index in [1.54, 1.807) is 6.07 Å². The number of carbonyl (C=O) groups is 1. The zero-order valence-corrected chi connectivity index (χ0v) is 9.97. The van der Waals surface area contributed by atoms with Crippen LogP contribution in [0.2, 0.25) is 0 Å². The fourth-order valence-electron chi connectivity index (χ4n) is 1.14. The molecule has 5 nitrogen and oxygen atoms in total. The second-order valence-electron chi connectivity index (χ2n) is 3.41. The highest BCUT2D eigenvalue weighted by molar-refractivity contribution is 5.88. The average Bonchev–Trinajstić information content (AvgIpc) is 2.30. The van der Waals surface area contributed by atoms with Gasteiger partial charge in [0, 0.05) is 0 Å². The van der Waals surface area contributed by atoms with Crippen molar-refractivity contribution in [2.45, 2.75) is 13.8 Å². The van der Waals surface area contributed by atoms with Crippen molar-refractivity contribution >= 4 is 11.7 Å². The number of azo groups is 1. The number of rotatable bonds is 3. The van der Waals surface area contributed by atoms with Crippen LogP contribution in [0.4, 0.5) is 5.69 Å². The third kappa shape index (κ3) is 3.41. The molecule has 0 saturated carbocycles. The van der Waals surface area contributed by atoms with Crippen LogP contribution in [-0.4, -0.2) is 18.2 Å². The predicted octanol–water partition coefficient (Wildman–Crippen LogP) is 3.04. The Bertz CT molecular complexity index is 474. The van der Waals surface area contributed by atoms with Crippen molar-refractivity contribution in [3.63, 3.8) is 0 Å². The number of aryl methyl sites for hydroxylation is 1. The molecule has 0 aromatic heterocycles. The van der Waals surface area contributed by atoms with Gasteiger partial charge in [0.2, 0.25) is 5.70 Å². The zero-order chi connectivity index (χ0) is 12.8. The molecule has 0 bridgehead atoms. The van der Waals surface area contributed by atoms with Crippen LogP contribution in [0.3, 0.4) is 0 Å². The molecule has 0 aliphatic rings. The lowest BCUT2D eigenvalue weighted by molar-refractivity contribution is -0.136. The highest BCUT2D eigenvalue weighted by Crippen LogP contribution is 2.19. The first-order chi connectivity index (χ1) is 8.06. The van der Waals surface area contributed by atoms with Crippen molar-refractivity contribution in [2.24, 2.45) is 10.2 Å². The summed E-state index contributed by atoms with van der Waals surface area (Å²) in [6, 6.07) is 7.33. The number of aliphatic hydroxyl groups excluding tert-OH is 1. The molecular weight excluding hydrogens is 220 g/mol. The lowest BCUT2D eigenvalue weighted by atomic mass is 10.2. The summed E-state index contributed by atoms with van der Waals surface area (Å²) in [5.41, 5.74) is 1.36. The summed E-state index contributed by atoms with van der Waals surface area (Å²) >= 11 is 0. The van der Waals surface area contributed by atoms with E-state index in [0.717, 1.165) is 5.56 Å². The van der Waals surface area contributed by atoms with Gasteiger partial charge in [-0.25, -0.2) is 4.79 Å². The van der Waals surface area contributed by atoms with Crippen molar-refractivity contribution in [2.75, 3.05) is 7.11 Å².